The molecule has 0 radical (unpaired) electrons. The minimum absolute atomic E-state index is 0.0649. The zero-order valence-corrected chi connectivity index (χ0v) is 14.6. The second-order valence-electron chi connectivity index (χ2n) is 6.36. The summed E-state index contributed by atoms with van der Waals surface area (Å²) in [5.74, 6) is 0.533. The zero-order chi connectivity index (χ0) is 18.0. The lowest BCUT2D eigenvalue weighted by Crippen LogP contribution is -2.36. The van der Waals surface area contributed by atoms with Gasteiger partial charge in [-0.3, -0.25) is 9.59 Å². The van der Waals surface area contributed by atoms with Gasteiger partial charge >= 0.3 is 0 Å². The van der Waals surface area contributed by atoms with E-state index >= 15 is 0 Å². The number of benzene rings is 1. The highest BCUT2D eigenvalue weighted by molar-refractivity contribution is 6.09. The summed E-state index contributed by atoms with van der Waals surface area (Å²) < 4.78 is 5.86. The van der Waals surface area contributed by atoms with E-state index in [1.807, 2.05) is 39.0 Å². The highest BCUT2D eigenvalue weighted by atomic mass is 16.5. The molecule has 0 spiro atoms. The van der Waals surface area contributed by atoms with Crippen LogP contribution in [0.5, 0.6) is 11.6 Å². The van der Waals surface area contributed by atoms with E-state index in [1.165, 1.54) is 0 Å². The predicted octanol–water partition coefficient (Wildman–Crippen LogP) is 3.06. The molecule has 6 nitrogen and oxygen atoms in total. The van der Waals surface area contributed by atoms with Crippen molar-refractivity contribution in [2.75, 3.05) is 11.4 Å². The summed E-state index contributed by atoms with van der Waals surface area (Å²) in [7, 11) is 0. The van der Waals surface area contributed by atoms with Gasteiger partial charge in [-0.1, -0.05) is 6.07 Å². The van der Waals surface area contributed by atoms with Gasteiger partial charge < -0.3 is 15.0 Å². The van der Waals surface area contributed by atoms with Crippen molar-refractivity contribution in [1.29, 1.82) is 0 Å². The fraction of sp³-hybridized carbons (Fsp3) is 0.316. The van der Waals surface area contributed by atoms with Crippen molar-refractivity contribution in [2.24, 2.45) is 0 Å². The highest BCUT2D eigenvalue weighted by Crippen LogP contribution is 2.38. The van der Waals surface area contributed by atoms with Crippen LogP contribution in [0.1, 0.15) is 36.2 Å². The lowest BCUT2D eigenvalue weighted by molar-refractivity contribution is -0.121. The first-order valence-corrected chi connectivity index (χ1v) is 8.30. The molecule has 0 saturated carbocycles. The molecule has 1 aliphatic heterocycles. The summed E-state index contributed by atoms with van der Waals surface area (Å²) in [6.45, 7) is 6.03. The average Bonchev–Trinajstić information content (AvgIpc) is 2.67. The third-order valence-electron chi connectivity index (χ3n) is 3.87. The number of aryl methyl sites for hydroxylation is 1. The smallest absolute Gasteiger partial charge is 0.263 e. The van der Waals surface area contributed by atoms with Gasteiger partial charge in [0.15, 0.2) is 5.75 Å². The molecule has 0 bridgehead atoms. The monoisotopic (exact) mass is 339 g/mol. The number of anilines is 1. The van der Waals surface area contributed by atoms with Gasteiger partial charge in [0.1, 0.15) is 5.56 Å². The first kappa shape index (κ1) is 17.0. The Morgan fingerprint density at radius 2 is 2.12 bits per heavy atom. The molecule has 0 atom stereocenters. The Bertz CT molecular complexity index is 817. The first-order chi connectivity index (χ1) is 12.0. The van der Waals surface area contributed by atoms with Crippen LogP contribution in [0.4, 0.5) is 5.69 Å². The van der Waals surface area contributed by atoms with E-state index in [4.69, 9.17) is 4.74 Å². The molecule has 2 aromatic rings. The number of amides is 2. The van der Waals surface area contributed by atoms with Crippen LogP contribution < -0.4 is 15.0 Å². The molecule has 0 fully saturated rings. The van der Waals surface area contributed by atoms with Gasteiger partial charge in [0.05, 0.1) is 5.69 Å². The molecule has 130 valence electrons. The maximum Gasteiger partial charge on any atom is 0.263 e. The van der Waals surface area contributed by atoms with Crippen LogP contribution in [0.2, 0.25) is 0 Å². The number of hydrogen-bond donors (Lipinski definition) is 1. The van der Waals surface area contributed by atoms with Gasteiger partial charge in [0, 0.05) is 25.2 Å². The van der Waals surface area contributed by atoms with E-state index in [1.54, 1.807) is 23.2 Å². The molecule has 0 unspecified atom stereocenters. The summed E-state index contributed by atoms with van der Waals surface area (Å²) >= 11 is 0. The predicted molar refractivity (Wildman–Crippen MR) is 95.1 cm³/mol. The van der Waals surface area contributed by atoms with Crippen molar-refractivity contribution >= 4 is 17.5 Å². The van der Waals surface area contributed by atoms with Gasteiger partial charge in [-0.15, -0.1) is 0 Å². The molecule has 1 N–H and O–H groups in total. The van der Waals surface area contributed by atoms with Crippen LogP contribution in [0.25, 0.3) is 0 Å². The van der Waals surface area contributed by atoms with E-state index in [-0.39, 0.29) is 36.7 Å². The summed E-state index contributed by atoms with van der Waals surface area (Å²) in [4.78, 5) is 30.8. The van der Waals surface area contributed by atoms with Crippen LogP contribution in [0.15, 0.2) is 36.5 Å². The maximum atomic E-state index is 13.0. The number of pyridine rings is 1. The fourth-order valence-corrected chi connectivity index (χ4v) is 2.75. The Hall–Kier alpha value is -2.89. The summed E-state index contributed by atoms with van der Waals surface area (Å²) in [6.07, 6.45) is 1.80. The van der Waals surface area contributed by atoms with Crippen molar-refractivity contribution in [3.63, 3.8) is 0 Å². The van der Waals surface area contributed by atoms with E-state index in [2.05, 4.69) is 10.3 Å². The van der Waals surface area contributed by atoms with Crippen molar-refractivity contribution < 1.29 is 14.3 Å². The van der Waals surface area contributed by atoms with Crippen molar-refractivity contribution in [1.82, 2.24) is 10.3 Å². The maximum absolute atomic E-state index is 13.0. The minimum atomic E-state index is -0.218. The van der Waals surface area contributed by atoms with Gasteiger partial charge in [-0.25, -0.2) is 4.98 Å². The second-order valence-corrected chi connectivity index (χ2v) is 6.36. The third kappa shape index (κ3) is 3.63. The Morgan fingerprint density at radius 1 is 1.32 bits per heavy atom. The Labute approximate surface area is 146 Å². The molecule has 25 heavy (non-hydrogen) atoms. The normalized spacial score (nSPS) is 13.0. The van der Waals surface area contributed by atoms with Crippen LogP contribution in [0, 0.1) is 6.92 Å². The SMILES string of the molecule is Cc1ccc2c(c1)N(CCC(=O)NC(C)C)C(=O)c1cccnc1O2. The number of ether oxygens (including phenoxy) is 1. The minimum Gasteiger partial charge on any atom is -0.436 e. The quantitative estimate of drug-likeness (QED) is 0.929. The zero-order valence-electron chi connectivity index (χ0n) is 14.6. The van der Waals surface area contributed by atoms with Gasteiger partial charge in [-0.2, -0.15) is 0 Å². The summed E-state index contributed by atoms with van der Waals surface area (Å²) in [5, 5.41) is 2.85. The number of rotatable bonds is 4. The number of aromatic nitrogens is 1. The molecule has 2 amide bonds. The highest BCUT2D eigenvalue weighted by Gasteiger charge is 2.29. The summed E-state index contributed by atoms with van der Waals surface area (Å²) in [6, 6.07) is 9.08. The van der Waals surface area contributed by atoms with Gasteiger partial charge in [0.25, 0.3) is 5.91 Å². The number of nitrogens with zero attached hydrogens (tertiary/aromatic N) is 2. The molecule has 1 aromatic heterocycles. The fourth-order valence-electron chi connectivity index (χ4n) is 2.75. The Kier molecular flexibility index (Phi) is 4.70. The molecular weight excluding hydrogens is 318 g/mol. The second kappa shape index (κ2) is 6.93. The molecular formula is C19H21N3O3. The molecule has 0 aliphatic carbocycles. The van der Waals surface area contributed by atoms with Crippen molar-refractivity contribution in [3.05, 3.63) is 47.7 Å². The number of hydrogen-bond acceptors (Lipinski definition) is 4. The van der Waals surface area contributed by atoms with E-state index in [0.717, 1.165) is 5.56 Å². The molecule has 1 aliphatic rings. The van der Waals surface area contributed by atoms with Crippen LogP contribution in [0.3, 0.4) is 0 Å². The van der Waals surface area contributed by atoms with Crippen molar-refractivity contribution in [2.45, 2.75) is 33.2 Å². The van der Waals surface area contributed by atoms with E-state index in [0.29, 0.717) is 17.0 Å². The standard InChI is InChI=1S/C19H21N3O3/c1-12(2)21-17(23)8-10-22-15-11-13(3)6-7-16(15)25-18-14(19(22)24)5-4-9-20-18/h4-7,9,11-12H,8,10H2,1-3H3,(H,21,23). The van der Waals surface area contributed by atoms with Crippen LogP contribution in [-0.4, -0.2) is 29.4 Å². The molecule has 0 saturated heterocycles. The van der Waals surface area contributed by atoms with Crippen LogP contribution >= 0.6 is 0 Å². The molecule has 1 aromatic carbocycles. The lowest BCUT2D eigenvalue weighted by atomic mass is 10.1. The lowest BCUT2D eigenvalue weighted by Gasteiger charge is -2.22. The Balaban J connectivity index is 1.96. The van der Waals surface area contributed by atoms with Gasteiger partial charge in [0.2, 0.25) is 11.8 Å². The summed E-state index contributed by atoms with van der Waals surface area (Å²) in [5.41, 5.74) is 2.05. The van der Waals surface area contributed by atoms with Crippen LogP contribution in [-0.2, 0) is 4.79 Å². The first-order valence-electron chi connectivity index (χ1n) is 8.30. The largest absolute Gasteiger partial charge is 0.436 e. The van der Waals surface area contributed by atoms with E-state index < -0.39 is 0 Å². The molecule has 3 rings (SSSR count). The average molecular weight is 339 g/mol. The number of carbonyl (C=O) groups is 2. The Morgan fingerprint density at radius 3 is 2.88 bits per heavy atom. The number of fused-ring (bicyclic) bond motifs is 2. The van der Waals surface area contributed by atoms with Gasteiger partial charge in [-0.05, 0) is 50.6 Å². The third-order valence-corrected chi connectivity index (χ3v) is 3.87. The molecule has 2 heterocycles. The van der Waals surface area contributed by atoms with Crippen molar-refractivity contribution in [3.8, 4) is 11.6 Å². The topological polar surface area (TPSA) is 71.5 Å². The number of nitrogens with one attached hydrogen (secondary N) is 1. The molecule has 6 heteroatoms. The number of carbonyl (C=O) groups excluding carboxylic acids is 2. The van der Waals surface area contributed by atoms with E-state index in [9.17, 15) is 9.59 Å².